The molecule has 1 unspecified atom stereocenters. The van der Waals surface area contributed by atoms with E-state index >= 15 is 0 Å². The summed E-state index contributed by atoms with van der Waals surface area (Å²) in [6.45, 7) is 3.75. The van der Waals surface area contributed by atoms with Gasteiger partial charge in [-0.15, -0.1) is 11.3 Å². The third-order valence-electron chi connectivity index (χ3n) is 3.69. The van der Waals surface area contributed by atoms with Gasteiger partial charge in [0.2, 0.25) is 5.91 Å². The van der Waals surface area contributed by atoms with Gasteiger partial charge in [0.15, 0.2) is 0 Å². The second kappa shape index (κ2) is 6.34. The molecule has 2 rings (SSSR count). The SMILES string of the molecule is CC1c2ccsc2CCN1C(=O)CCCCCN. The molecule has 2 heterocycles. The Morgan fingerprint density at radius 1 is 1.50 bits per heavy atom. The van der Waals surface area contributed by atoms with Crippen LogP contribution in [-0.2, 0) is 11.2 Å². The molecular formula is C14H22N2OS. The predicted octanol–water partition coefficient (Wildman–Crippen LogP) is 2.71. The molecular weight excluding hydrogens is 244 g/mol. The average molecular weight is 266 g/mol. The molecule has 0 aromatic carbocycles. The van der Waals surface area contributed by atoms with Gasteiger partial charge in [-0.3, -0.25) is 4.79 Å². The lowest BCUT2D eigenvalue weighted by Crippen LogP contribution is -2.38. The van der Waals surface area contributed by atoms with Gasteiger partial charge in [0.1, 0.15) is 0 Å². The Bertz CT molecular complexity index is 402. The number of amides is 1. The lowest BCUT2D eigenvalue weighted by Gasteiger charge is -2.33. The second-order valence-corrected chi connectivity index (χ2v) is 5.91. The van der Waals surface area contributed by atoms with Gasteiger partial charge in [-0.2, -0.15) is 0 Å². The van der Waals surface area contributed by atoms with Crippen molar-refractivity contribution in [2.45, 2.75) is 45.1 Å². The van der Waals surface area contributed by atoms with Crippen LogP contribution in [0.5, 0.6) is 0 Å². The van der Waals surface area contributed by atoms with Gasteiger partial charge in [0.25, 0.3) is 0 Å². The Morgan fingerprint density at radius 3 is 3.11 bits per heavy atom. The third-order valence-corrected chi connectivity index (χ3v) is 4.69. The smallest absolute Gasteiger partial charge is 0.223 e. The normalized spacial score (nSPS) is 18.8. The van der Waals surface area contributed by atoms with Crippen LogP contribution in [0.4, 0.5) is 0 Å². The predicted molar refractivity (Wildman–Crippen MR) is 75.7 cm³/mol. The lowest BCUT2D eigenvalue weighted by atomic mass is 10.0. The van der Waals surface area contributed by atoms with Crippen LogP contribution in [0, 0.1) is 0 Å². The number of nitrogens with zero attached hydrogens (tertiary/aromatic N) is 1. The van der Waals surface area contributed by atoms with E-state index in [2.05, 4.69) is 18.4 Å². The fraction of sp³-hybridized carbons (Fsp3) is 0.643. The monoisotopic (exact) mass is 266 g/mol. The van der Waals surface area contributed by atoms with Crippen molar-refractivity contribution < 1.29 is 4.79 Å². The van der Waals surface area contributed by atoms with Gasteiger partial charge in [-0.05, 0) is 49.7 Å². The van der Waals surface area contributed by atoms with E-state index in [4.69, 9.17) is 5.73 Å². The number of fused-ring (bicyclic) bond motifs is 1. The van der Waals surface area contributed by atoms with Gasteiger partial charge in [-0.1, -0.05) is 6.42 Å². The zero-order chi connectivity index (χ0) is 13.0. The largest absolute Gasteiger partial charge is 0.336 e. The standard InChI is InChI=1S/C14H22N2OS/c1-11-12-7-10-18-13(12)6-9-16(11)14(17)5-3-2-4-8-15/h7,10-11H,2-6,8-9,15H2,1H3. The minimum Gasteiger partial charge on any atom is -0.336 e. The number of nitrogens with two attached hydrogens (primary N) is 1. The van der Waals surface area contributed by atoms with Crippen LogP contribution >= 0.6 is 11.3 Å². The van der Waals surface area contributed by atoms with Crippen LogP contribution in [-0.4, -0.2) is 23.9 Å². The number of thiophene rings is 1. The Labute approximate surface area is 113 Å². The summed E-state index contributed by atoms with van der Waals surface area (Å²) in [5, 5.41) is 2.14. The molecule has 100 valence electrons. The Hall–Kier alpha value is -0.870. The highest BCUT2D eigenvalue weighted by atomic mass is 32.1. The van der Waals surface area contributed by atoms with Crippen LogP contribution in [0.15, 0.2) is 11.4 Å². The highest BCUT2D eigenvalue weighted by Crippen LogP contribution is 2.33. The third kappa shape index (κ3) is 2.93. The molecule has 0 spiro atoms. The van der Waals surface area contributed by atoms with E-state index in [1.54, 1.807) is 0 Å². The van der Waals surface area contributed by atoms with E-state index in [0.717, 1.165) is 38.8 Å². The minimum atomic E-state index is 0.252. The summed E-state index contributed by atoms with van der Waals surface area (Å²) >= 11 is 1.82. The molecule has 0 fully saturated rings. The van der Waals surface area contributed by atoms with E-state index in [-0.39, 0.29) is 6.04 Å². The summed E-state index contributed by atoms with van der Waals surface area (Å²) in [7, 11) is 0. The first-order valence-electron chi connectivity index (χ1n) is 6.80. The fourth-order valence-corrected chi connectivity index (χ4v) is 3.55. The Balaban J connectivity index is 1.88. The second-order valence-electron chi connectivity index (χ2n) is 4.91. The van der Waals surface area contributed by atoms with Crippen LogP contribution < -0.4 is 5.73 Å². The first-order chi connectivity index (χ1) is 8.74. The first kappa shape index (κ1) is 13.6. The summed E-state index contributed by atoms with van der Waals surface area (Å²) in [6, 6.07) is 2.42. The van der Waals surface area contributed by atoms with Crippen molar-refractivity contribution in [2.24, 2.45) is 5.73 Å². The summed E-state index contributed by atoms with van der Waals surface area (Å²) in [4.78, 5) is 15.7. The van der Waals surface area contributed by atoms with Crippen molar-refractivity contribution in [1.29, 1.82) is 0 Å². The summed E-state index contributed by atoms with van der Waals surface area (Å²) < 4.78 is 0. The maximum absolute atomic E-state index is 12.2. The van der Waals surface area contributed by atoms with Crippen molar-refractivity contribution in [3.05, 3.63) is 21.9 Å². The van der Waals surface area contributed by atoms with Crippen molar-refractivity contribution >= 4 is 17.2 Å². The van der Waals surface area contributed by atoms with Gasteiger partial charge in [0, 0.05) is 17.8 Å². The van der Waals surface area contributed by atoms with E-state index in [9.17, 15) is 4.79 Å². The summed E-state index contributed by atoms with van der Waals surface area (Å²) in [5.74, 6) is 0.302. The molecule has 0 radical (unpaired) electrons. The number of hydrogen-bond acceptors (Lipinski definition) is 3. The van der Waals surface area contributed by atoms with Crippen molar-refractivity contribution in [2.75, 3.05) is 13.1 Å². The van der Waals surface area contributed by atoms with E-state index in [1.807, 2.05) is 16.2 Å². The highest BCUT2D eigenvalue weighted by molar-refractivity contribution is 7.10. The zero-order valence-electron chi connectivity index (χ0n) is 11.0. The van der Waals surface area contributed by atoms with Crippen LogP contribution in [0.1, 0.15) is 49.1 Å². The molecule has 0 saturated carbocycles. The molecule has 4 heteroatoms. The van der Waals surface area contributed by atoms with E-state index in [1.165, 1.54) is 10.4 Å². The molecule has 3 nitrogen and oxygen atoms in total. The van der Waals surface area contributed by atoms with Gasteiger partial charge in [0.05, 0.1) is 6.04 Å². The Kier molecular flexibility index (Phi) is 4.78. The highest BCUT2D eigenvalue weighted by Gasteiger charge is 2.27. The Morgan fingerprint density at radius 2 is 2.33 bits per heavy atom. The van der Waals surface area contributed by atoms with Crippen LogP contribution in [0.3, 0.4) is 0 Å². The first-order valence-corrected chi connectivity index (χ1v) is 7.68. The number of unbranched alkanes of at least 4 members (excludes halogenated alkanes) is 2. The molecule has 0 aliphatic carbocycles. The fourth-order valence-electron chi connectivity index (χ4n) is 2.59. The number of rotatable bonds is 5. The quantitative estimate of drug-likeness (QED) is 0.833. The number of carbonyl (C=O) groups excluding carboxylic acids is 1. The van der Waals surface area contributed by atoms with Gasteiger partial charge in [-0.25, -0.2) is 0 Å². The lowest BCUT2D eigenvalue weighted by molar-refractivity contribution is -0.133. The molecule has 0 saturated heterocycles. The van der Waals surface area contributed by atoms with Crippen molar-refractivity contribution in [3.63, 3.8) is 0 Å². The molecule has 1 aliphatic rings. The molecule has 18 heavy (non-hydrogen) atoms. The molecule has 1 aromatic heterocycles. The maximum atomic E-state index is 12.2. The summed E-state index contributed by atoms with van der Waals surface area (Å²) in [6.07, 6.45) is 4.75. The van der Waals surface area contributed by atoms with Crippen LogP contribution in [0.2, 0.25) is 0 Å². The zero-order valence-corrected chi connectivity index (χ0v) is 11.8. The van der Waals surface area contributed by atoms with E-state index < -0.39 is 0 Å². The maximum Gasteiger partial charge on any atom is 0.223 e. The van der Waals surface area contributed by atoms with Crippen molar-refractivity contribution in [1.82, 2.24) is 4.90 Å². The summed E-state index contributed by atoms with van der Waals surface area (Å²) in [5.41, 5.74) is 6.81. The minimum absolute atomic E-state index is 0.252. The number of carbonyl (C=O) groups is 1. The molecule has 2 N–H and O–H groups in total. The molecule has 1 amide bonds. The van der Waals surface area contributed by atoms with Crippen molar-refractivity contribution in [3.8, 4) is 0 Å². The van der Waals surface area contributed by atoms with Crippen LogP contribution in [0.25, 0.3) is 0 Å². The molecule has 1 aromatic rings. The van der Waals surface area contributed by atoms with Gasteiger partial charge < -0.3 is 10.6 Å². The van der Waals surface area contributed by atoms with E-state index in [0.29, 0.717) is 12.3 Å². The number of hydrogen-bond donors (Lipinski definition) is 1. The molecule has 1 aliphatic heterocycles. The molecule has 1 atom stereocenters. The van der Waals surface area contributed by atoms with Gasteiger partial charge >= 0.3 is 0 Å². The topological polar surface area (TPSA) is 46.3 Å². The molecule has 0 bridgehead atoms. The average Bonchev–Trinajstić information content (AvgIpc) is 2.84.